The second-order valence-electron chi connectivity index (χ2n) is 7.81. The van der Waals surface area contributed by atoms with Gasteiger partial charge in [-0.1, -0.05) is 36.4 Å². The van der Waals surface area contributed by atoms with Gasteiger partial charge in [-0.2, -0.15) is 5.10 Å². The van der Waals surface area contributed by atoms with Gasteiger partial charge in [0.1, 0.15) is 0 Å². The lowest BCUT2D eigenvalue weighted by molar-refractivity contribution is 0.0944. The van der Waals surface area contributed by atoms with Crippen LogP contribution >= 0.6 is 0 Å². The normalized spacial score (nSPS) is 30.6. The average molecular weight is 318 g/mol. The molecule has 4 bridgehead atoms. The van der Waals surface area contributed by atoms with E-state index in [0.717, 1.165) is 22.6 Å². The molecule has 0 aliphatic heterocycles. The van der Waals surface area contributed by atoms with Gasteiger partial charge in [-0.25, -0.2) is 5.43 Å². The predicted octanol–water partition coefficient (Wildman–Crippen LogP) is 4.38. The lowest BCUT2D eigenvalue weighted by atomic mass is 9.55. The number of hydrogen-bond acceptors (Lipinski definition) is 2. The molecule has 0 saturated heterocycles. The predicted molar refractivity (Wildman–Crippen MR) is 95.9 cm³/mol. The van der Waals surface area contributed by atoms with E-state index in [1.165, 1.54) is 37.8 Å². The van der Waals surface area contributed by atoms with Crippen LogP contribution < -0.4 is 5.43 Å². The van der Waals surface area contributed by atoms with Crippen LogP contribution in [0, 0.1) is 23.7 Å². The molecule has 6 rings (SSSR count). The molecule has 2 aromatic rings. The van der Waals surface area contributed by atoms with Crippen molar-refractivity contribution in [1.29, 1.82) is 0 Å². The van der Waals surface area contributed by atoms with Crippen LogP contribution in [0.5, 0.6) is 0 Å². The third-order valence-corrected chi connectivity index (χ3v) is 6.30. The fourth-order valence-electron chi connectivity index (χ4n) is 5.45. The minimum Gasteiger partial charge on any atom is -0.267 e. The number of carbonyl (C=O) groups is 1. The van der Waals surface area contributed by atoms with Gasteiger partial charge in [0.25, 0.3) is 5.91 Å². The Morgan fingerprint density at radius 3 is 2.29 bits per heavy atom. The topological polar surface area (TPSA) is 41.5 Å². The molecule has 0 radical (unpaired) electrons. The zero-order valence-electron chi connectivity index (χ0n) is 13.7. The lowest BCUT2D eigenvalue weighted by Gasteiger charge is -2.50. The number of carbonyl (C=O) groups excluding carboxylic acids is 1. The molecule has 3 nitrogen and oxygen atoms in total. The summed E-state index contributed by atoms with van der Waals surface area (Å²) >= 11 is 0. The van der Waals surface area contributed by atoms with Crippen LogP contribution in [0.2, 0.25) is 0 Å². The average Bonchev–Trinajstić information content (AvgIpc) is 2.60. The van der Waals surface area contributed by atoms with Crippen molar-refractivity contribution in [3.63, 3.8) is 0 Å². The van der Waals surface area contributed by atoms with E-state index < -0.39 is 0 Å². The highest BCUT2D eigenvalue weighted by Crippen LogP contribution is 2.52. The minimum atomic E-state index is -0.0897. The van der Waals surface area contributed by atoms with E-state index >= 15 is 0 Å². The molecule has 0 unspecified atom stereocenters. The maximum absolute atomic E-state index is 12.7. The molecule has 2 aromatic carbocycles. The highest BCUT2D eigenvalue weighted by atomic mass is 16.2. The number of amides is 1. The molecule has 0 heterocycles. The van der Waals surface area contributed by atoms with Gasteiger partial charge in [0, 0.05) is 11.3 Å². The molecule has 24 heavy (non-hydrogen) atoms. The van der Waals surface area contributed by atoms with Crippen molar-refractivity contribution in [3.8, 4) is 0 Å². The SMILES string of the molecule is O=C(NN=C1C2CC3CC(C2)CC1C3)c1cccc2ccccc12. The van der Waals surface area contributed by atoms with Crippen LogP contribution in [0.4, 0.5) is 0 Å². The van der Waals surface area contributed by atoms with E-state index in [1.54, 1.807) is 0 Å². The fourth-order valence-corrected chi connectivity index (χ4v) is 5.45. The molecule has 4 aliphatic rings. The summed E-state index contributed by atoms with van der Waals surface area (Å²) in [5.74, 6) is 2.98. The lowest BCUT2D eigenvalue weighted by Crippen LogP contribution is -2.46. The van der Waals surface area contributed by atoms with Crippen LogP contribution in [-0.2, 0) is 0 Å². The van der Waals surface area contributed by atoms with Crippen molar-refractivity contribution in [1.82, 2.24) is 5.43 Å². The van der Waals surface area contributed by atoms with Crippen LogP contribution in [-0.4, -0.2) is 11.6 Å². The molecule has 0 spiro atoms. The van der Waals surface area contributed by atoms with E-state index in [4.69, 9.17) is 0 Å². The third kappa shape index (κ3) is 2.26. The van der Waals surface area contributed by atoms with Crippen molar-refractivity contribution in [2.45, 2.75) is 32.1 Å². The molecule has 4 aliphatic carbocycles. The third-order valence-electron chi connectivity index (χ3n) is 6.30. The van der Waals surface area contributed by atoms with Crippen molar-refractivity contribution < 1.29 is 4.79 Å². The Hall–Kier alpha value is -2.16. The van der Waals surface area contributed by atoms with Gasteiger partial charge < -0.3 is 0 Å². The minimum absolute atomic E-state index is 0.0897. The van der Waals surface area contributed by atoms with Crippen molar-refractivity contribution >= 4 is 22.4 Å². The summed E-state index contributed by atoms with van der Waals surface area (Å²) < 4.78 is 0. The molecule has 1 amide bonds. The molecular weight excluding hydrogens is 296 g/mol. The molecule has 0 atom stereocenters. The fraction of sp³-hybridized carbons (Fsp3) is 0.429. The second-order valence-corrected chi connectivity index (χ2v) is 7.81. The summed E-state index contributed by atoms with van der Waals surface area (Å²) in [6, 6.07) is 13.9. The van der Waals surface area contributed by atoms with Gasteiger partial charge in [0.2, 0.25) is 0 Å². The van der Waals surface area contributed by atoms with E-state index in [-0.39, 0.29) is 5.91 Å². The molecule has 4 fully saturated rings. The molecule has 0 aromatic heterocycles. The largest absolute Gasteiger partial charge is 0.271 e. The highest BCUT2D eigenvalue weighted by Gasteiger charge is 2.46. The molecule has 122 valence electrons. The summed E-state index contributed by atoms with van der Waals surface area (Å²) in [5.41, 5.74) is 4.85. The van der Waals surface area contributed by atoms with Gasteiger partial charge in [0.05, 0.1) is 0 Å². The van der Waals surface area contributed by atoms with E-state index in [1.807, 2.05) is 42.5 Å². The number of benzene rings is 2. The first-order valence-corrected chi connectivity index (χ1v) is 9.13. The first-order chi connectivity index (χ1) is 11.8. The van der Waals surface area contributed by atoms with Crippen LogP contribution in [0.3, 0.4) is 0 Å². The van der Waals surface area contributed by atoms with Crippen molar-refractivity contribution in [3.05, 3.63) is 48.0 Å². The first kappa shape index (κ1) is 14.2. The smallest absolute Gasteiger partial charge is 0.267 e. The summed E-state index contributed by atoms with van der Waals surface area (Å²) in [4.78, 5) is 12.7. The van der Waals surface area contributed by atoms with Gasteiger partial charge >= 0.3 is 0 Å². The van der Waals surface area contributed by atoms with Crippen LogP contribution in [0.15, 0.2) is 47.6 Å². The highest BCUT2D eigenvalue weighted by molar-refractivity contribution is 6.07. The van der Waals surface area contributed by atoms with Gasteiger partial charge in [-0.3, -0.25) is 4.79 Å². The number of nitrogens with zero attached hydrogens (tertiary/aromatic N) is 1. The molecule has 1 N–H and O–H groups in total. The summed E-state index contributed by atoms with van der Waals surface area (Å²) in [7, 11) is 0. The maximum Gasteiger partial charge on any atom is 0.271 e. The standard InChI is InChI=1S/C21H22N2O/c24-21(19-7-3-5-15-4-1-2-6-18(15)19)23-22-20-16-9-13-8-14(11-16)12-17(20)10-13/h1-7,13-14,16-17H,8-12H2,(H,23,24). The van der Waals surface area contributed by atoms with E-state index in [0.29, 0.717) is 17.4 Å². The van der Waals surface area contributed by atoms with E-state index in [2.05, 4.69) is 10.5 Å². The molecule has 3 heteroatoms. The number of fused-ring (bicyclic) bond motifs is 1. The Balaban J connectivity index is 1.41. The number of nitrogens with one attached hydrogen (secondary N) is 1. The first-order valence-electron chi connectivity index (χ1n) is 9.13. The zero-order chi connectivity index (χ0) is 16.1. The number of hydrogen-bond donors (Lipinski definition) is 1. The van der Waals surface area contributed by atoms with Crippen LogP contribution in [0.25, 0.3) is 10.8 Å². The summed E-state index contributed by atoms with van der Waals surface area (Å²) in [6.07, 6.45) is 6.58. The summed E-state index contributed by atoms with van der Waals surface area (Å²) in [6.45, 7) is 0. The Labute approximate surface area is 142 Å². The monoisotopic (exact) mass is 318 g/mol. The summed E-state index contributed by atoms with van der Waals surface area (Å²) in [5, 5.41) is 6.70. The quantitative estimate of drug-likeness (QED) is 0.820. The Morgan fingerprint density at radius 1 is 0.875 bits per heavy atom. The molecular formula is C21H22N2O. The number of hydrazone groups is 1. The molecule has 4 saturated carbocycles. The van der Waals surface area contributed by atoms with Gasteiger partial charge in [-0.05, 0) is 72.6 Å². The van der Waals surface area contributed by atoms with Gasteiger partial charge in [0.15, 0.2) is 0 Å². The van der Waals surface area contributed by atoms with Crippen molar-refractivity contribution in [2.24, 2.45) is 28.8 Å². The number of rotatable bonds is 2. The Bertz CT molecular complexity index is 803. The Morgan fingerprint density at radius 2 is 1.54 bits per heavy atom. The zero-order valence-corrected chi connectivity index (χ0v) is 13.7. The van der Waals surface area contributed by atoms with E-state index in [9.17, 15) is 4.79 Å². The second kappa shape index (κ2) is 5.44. The Kier molecular flexibility index (Phi) is 3.22. The van der Waals surface area contributed by atoms with Crippen molar-refractivity contribution in [2.75, 3.05) is 0 Å². The maximum atomic E-state index is 12.7. The van der Waals surface area contributed by atoms with Crippen LogP contribution in [0.1, 0.15) is 42.5 Å². The van der Waals surface area contributed by atoms with Gasteiger partial charge in [-0.15, -0.1) is 0 Å².